The molecule has 1 heterocycles. The molecule has 0 unspecified atom stereocenters. The fourth-order valence-electron chi connectivity index (χ4n) is 2.92. The van der Waals surface area contributed by atoms with Crippen LogP contribution in [0.1, 0.15) is 24.8 Å². The summed E-state index contributed by atoms with van der Waals surface area (Å²) in [5.74, 6) is 0.448. The van der Waals surface area contributed by atoms with Gasteiger partial charge in [0.25, 0.3) is 0 Å². The molecule has 1 saturated heterocycles. The molecule has 0 bridgehead atoms. The lowest BCUT2D eigenvalue weighted by atomic mass is 10.1. The van der Waals surface area contributed by atoms with Crippen molar-refractivity contribution < 1.29 is 9.59 Å². The number of anilines is 3. The Labute approximate surface area is 164 Å². The van der Waals surface area contributed by atoms with Crippen molar-refractivity contribution in [3.05, 3.63) is 54.1 Å². The first kappa shape index (κ1) is 19.3. The third kappa shape index (κ3) is 4.27. The summed E-state index contributed by atoms with van der Waals surface area (Å²) >= 11 is 1.60. The first-order valence-corrected chi connectivity index (χ1v) is 10.0. The molecular formula is C21H25N3O2S. The summed E-state index contributed by atoms with van der Waals surface area (Å²) in [6.07, 6.45) is 0. The lowest BCUT2D eigenvalue weighted by Crippen LogP contribution is -2.28. The van der Waals surface area contributed by atoms with Crippen molar-refractivity contribution >= 4 is 40.6 Å². The van der Waals surface area contributed by atoms with Gasteiger partial charge in [-0.3, -0.25) is 14.5 Å². The summed E-state index contributed by atoms with van der Waals surface area (Å²) in [5, 5.41) is 2.84. The SMILES string of the molecule is CC(C)C(=O)Nc1cccc([C@@H]2SCC(=O)N2c2ccc(N(C)C)cc2)c1. The van der Waals surface area contributed by atoms with Crippen LogP contribution in [0.3, 0.4) is 0 Å². The van der Waals surface area contributed by atoms with Crippen molar-refractivity contribution in [1.29, 1.82) is 0 Å². The average molecular weight is 384 g/mol. The molecule has 2 aromatic carbocycles. The second kappa shape index (κ2) is 8.05. The van der Waals surface area contributed by atoms with Crippen LogP contribution in [0, 0.1) is 5.92 Å². The van der Waals surface area contributed by atoms with E-state index in [9.17, 15) is 9.59 Å². The van der Waals surface area contributed by atoms with Gasteiger partial charge in [0.1, 0.15) is 5.37 Å². The number of rotatable bonds is 5. The molecule has 5 nitrogen and oxygen atoms in total. The minimum atomic E-state index is -0.0985. The number of nitrogens with one attached hydrogen (secondary N) is 1. The predicted molar refractivity (Wildman–Crippen MR) is 113 cm³/mol. The molecule has 1 aliphatic rings. The molecular weight excluding hydrogens is 358 g/mol. The van der Waals surface area contributed by atoms with E-state index in [0.717, 1.165) is 22.6 Å². The fraction of sp³-hybridized carbons (Fsp3) is 0.333. The molecule has 0 aliphatic carbocycles. The van der Waals surface area contributed by atoms with E-state index in [-0.39, 0.29) is 23.1 Å². The topological polar surface area (TPSA) is 52.7 Å². The number of amides is 2. The first-order chi connectivity index (χ1) is 12.9. The van der Waals surface area contributed by atoms with Crippen molar-refractivity contribution in [2.24, 2.45) is 5.92 Å². The average Bonchev–Trinajstić information content (AvgIpc) is 3.03. The fourth-order valence-corrected chi connectivity index (χ4v) is 4.08. The highest BCUT2D eigenvalue weighted by Gasteiger charge is 2.34. The smallest absolute Gasteiger partial charge is 0.238 e. The third-order valence-corrected chi connectivity index (χ3v) is 5.69. The molecule has 2 aromatic rings. The van der Waals surface area contributed by atoms with Crippen molar-refractivity contribution in [2.45, 2.75) is 19.2 Å². The van der Waals surface area contributed by atoms with Crippen LogP contribution in [-0.4, -0.2) is 31.7 Å². The number of nitrogens with zero attached hydrogens (tertiary/aromatic N) is 2. The van der Waals surface area contributed by atoms with Crippen LogP contribution < -0.4 is 15.1 Å². The maximum absolute atomic E-state index is 12.6. The summed E-state index contributed by atoms with van der Waals surface area (Å²) in [7, 11) is 3.98. The van der Waals surface area contributed by atoms with Crippen LogP contribution in [-0.2, 0) is 9.59 Å². The quantitative estimate of drug-likeness (QED) is 0.844. The third-order valence-electron chi connectivity index (χ3n) is 4.48. The van der Waals surface area contributed by atoms with Gasteiger partial charge in [0, 0.05) is 37.1 Å². The van der Waals surface area contributed by atoms with E-state index in [1.165, 1.54) is 0 Å². The van der Waals surface area contributed by atoms with Gasteiger partial charge in [0.15, 0.2) is 0 Å². The van der Waals surface area contributed by atoms with E-state index in [0.29, 0.717) is 5.75 Å². The maximum atomic E-state index is 12.6. The summed E-state index contributed by atoms with van der Waals surface area (Å²) < 4.78 is 0. The Morgan fingerprint density at radius 1 is 1.19 bits per heavy atom. The van der Waals surface area contributed by atoms with Gasteiger partial charge < -0.3 is 10.2 Å². The number of hydrogen-bond acceptors (Lipinski definition) is 4. The Balaban J connectivity index is 1.87. The summed E-state index contributed by atoms with van der Waals surface area (Å²) in [5.41, 5.74) is 3.74. The van der Waals surface area contributed by atoms with Gasteiger partial charge in [0.05, 0.1) is 5.75 Å². The van der Waals surface area contributed by atoms with E-state index in [2.05, 4.69) is 5.32 Å². The summed E-state index contributed by atoms with van der Waals surface area (Å²) in [6.45, 7) is 3.73. The highest BCUT2D eigenvalue weighted by Crippen LogP contribution is 2.42. The van der Waals surface area contributed by atoms with Gasteiger partial charge >= 0.3 is 0 Å². The lowest BCUT2D eigenvalue weighted by Gasteiger charge is -2.25. The number of hydrogen-bond donors (Lipinski definition) is 1. The zero-order valence-electron chi connectivity index (χ0n) is 16.1. The maximum Gasteiger partial charge on any atom is 0.238 e. The van der Waals surface area contributed by atoms with Crippen LogP contribution in [0.25, 0.3) is 0 Å². The Hall–Kier alpha value is -2.47. The van der Waals surface area contributed by atoms with E-state index >= 15 is 0 Å². The largest absolute Gasteiger partial charge is 0.378 e. The standard InChI is InChI=1S/C21H25N3O2S/c1-14(2)20(26)22-16-7-5-6-15(12-16)21-24(19(25)13-27-21)18-10-8-17(9-11-18)23(3)4/h5-12,14,21H,13H2,1-4H3,(H,22,26)/t21-/m0/s1. The molecule has 0 aromatic heterocycles. The van der Waals surface area contributed by atoms with Crippen LogP contribution in [0.2, 0.25) is 0 Å². The van der Waals surface area contributed by atoms with E-state index in [1.807, 2.05) is 86.3 Å². The normalized spacial score (nSPS) is 16.7. The van der Waals surface area contributed by atoms with Gasteiger partial charge in [-0.25, -0.2) is 0 Å². The van der Waals surface area contributed by atoms with Crippen LogP contribution in [0.15, 0.2) is 48.5 Å². The Kier molecular flexibility index (Phi) is 5.75. The van der Waals surface area contributed by atoms with Gasteiger partial charge in [-0.05, 0) is 42.0 Å². The Morgan fingerprint density at radius 2 is 1.89 bits per heavy atom. The second-order valence-corrected chi connectivity index (χ2v) is 8.18. The second-order valence-electron chi connectivity index (χ2n) is 7.11. The lowest BCUT2D eigenvalue weighted by molar-refractivity contribution is -0.119. The molecule has 0 radical (unpaired) electrons. The molecule has 2 amide bonds. The van der Waals surface area contributed by atoms with E-state index in [1.54, 1.807) is 11.8 Å². The van der Waals surface area contributed by atoms with Crippen LogP contribution in [0.5, 0.6) is 0 Å². The van der Waals surface area contributed by atoms with Crippen molar-refractivity contribution in [3.63, 3.8) is 0 Å². The number of benzene rings is 2. The minimum absolute atomic E-state index is 0.0153. The minimum Gasteiger partial charge on any atom is -0.378 e. The zero-order chi connectivity index (χ0) is 19.6. The molecule has 3 rings (SSSR count). The Bertz CT molecular complexity index is 834. The molecule has 6 heteroatoms. The highest BCUT2D eigenvalue weighted by atomic mass is 32.2. The molecule has 1 atom stereocenters. The monoisotopic (exact) mass is 383 g/mol. The highest BCUT2D eigenvalue weighted by molar-refractivity contribution is 8.00. The first-order valence-electron chi connectivity index (χ1n) is 8.98. The van der Waals surface area contributed by atoms with Gasteiger partial charge in [-0.1, -0.05) is 26.0 Å². The molecule has 0 saturated carbocycles. The van der Waals surface area contributed by atoms with E-state index in [4.69, 9.17) is 0 Å². The molecule has 1 N–H and O–H groups in total. The van der Waals surface area contributed by atoms with Gasteiger partial charge in [-0.2, -0.15) is 0 Å². The van der Waals surface area contributed by atoms with Gasteiger partial charge in [0.2, 0.25) is 11.8 Å². The number of thioether (sulfide) groups is 1. The van der Waals surface area contributed by atoms with Crippen molar-refractivity contribution in [3.8, 4) is 0 Å². The molecule has 142 valence electrons. The number of carbonyl (C=O) groups excluding carboxylic acids is 2. The summed E-state index contributed by atoms with van der Waals surface area (Å²) in [6, 6.07) is 15.8. The molecule has 27 heavy (non-hydrogen) atoms. The molecule has 1 fully saturated rings. The van der Waals surface area contributed by atoms with Crippen molar-refractivity contribution in [2.75, 3.05) is 35.0 Å². The molecule has 0 spiro atoms. The van der Waals surface area contributed by atoms with E-state index < -0.39 is 0 Å². The number of carbonyl (C=O) groups is 2. The van der Waals surface area contributed by atoms with Gasteiger partial charge in [-0.15, -0.1) is 11.8 Å². The Morgan fingerprint density at radius 3 is 2.52 bits per heavy atom. The molecule has 1 aliphatic heterocycles. The van der Waals surface area contributed by atoms with Crippen molar-refractivity contribution in [1.82, 2.24) is 0 Å². The van der Waals surface area contributed by atoms with Crippen LogP contribution in [0.4, 0.5) is 17.1 Å². The predicted octanol–water partition coefficient (Wildman–Crippen LogP) is 4.13. The zero-order valence-corrected chi connectivity index (χ0v) is 16.9. The summed E-state index contributed by atoms with van der Waals surface area (Å²) in [4.78, 5) is 28.4. The van der Waals surface area contributed by atoms with Crippen LogP contribution >= 0.6 is 11.8 Å².